The van der Waals surface area contributed by atoms with Crippen LogP contribution in [0.4, 0.5) is 0 Å². The fourth-order valence-corrected chi connectivity index (χ4v) is 2.55. The second kappa shape index (κ2) is 8.54. The van der Waals surface area contributed by atoms with E-state index in [2.05, 4.69) is 6.92 Å². The Labute approximate surface area is 106 Å². The molecule has 1 aliphatic carbocycles. The van der Waals surface area contributed by atoms with Crippen LogP contribution in [0.15, 0.2) is 0 Å². The van der Waals surface area contributed by atoms with E-state index >= 15 is 0 Å². The molecule has 0 unspecified atom stereocenters. The maximum atomic E-state index is 11.2. The van der Waals surface area contributed by atoms with Crippen LogP contribution in [0.25, 0.3) is 0 Å². The first-order valence-corrected chi connectivity index (χ1v) is 7.37. The Bertz CT molecular complexity index is 213. The molecule has 0 bridgehead atoms. The van der Waals surface area contributed by atoms with Gasteiger partial charge in [0.2, 0.25) is 0 Å². The Hall–Kier alpha value is -0.530. The van der Waals surface area contributed by atoms with Gasteiger partial charge in [0, 0.05) is 0 Å². The maximum absolute atomic E-state index is 11.2. The molecule has 0 N–H and O–H groups in total. The van der Waals surface area contributed by atoms with Crippen molar-refractivity contribution in [1.29, 1.82) is 0 Å². The van der Waals surface area contributed by atoms with Crippen molar-refractivity contribution >= 4 is 5.97 Å². The molecule has 17 heavy (non-hydrogen) atoms. The van der Waals surface area contributed by atoms with Crippen LogP contribution in [-0.2, 0) is 9.53 Å². The second-order valence-corrected chi connectivity index (χ2v) is 5.39. The molecule has 100 valence electrons. The molecule has 0 radical (unpaired) electrons. The largest absolute Gasteiger partial charge is 0.469 e. The van der Waals surface area contributed by atoms with E-state index in [0.29, 0.717) is 5.92 Å². The molecular formula is C15H28O2. The van der Waals surface area contributed by atoms with Crippen molar-refractivity contribution in [2.75, 3.05) is 7.11 Å². The van der Waals surface area contributed by atoms with Crippen LogP contribution in [0.2, 0.25) is 0 Å². The Balaban J connectivity index is 1.81. The SMILES string of the molecule is CCCCCCCCCC[C@H]1C[C@@H]1C(=O)OC. The van der Waals surface area contributed by atoms with Gasteiger partial charge >= 0.3 is 5.97 Å². The molecule has 1 rings (SSSR count). The van der Waals surface area contributed by atoms with Gasteiger partial charge in [-0.25, -0.2) is 0 Å². The first-order valence-electron chi connectivity index (χ1n) is 7.37. The molecule has 0 aromatic rings. The van der Waals surface area contributed by atoms with Crippen LogP contribution in [0.5, 0.6) is 0 Å². The van der Waals surface area contributed by atoms with Gasteiger partial charge in [0.05, 0.1) is 13.0 Å². The lowest BCUT2D eigenvalue weighted by Crippen LogP contribution is -2.04. The van der Waals surface area contributed by atoms with Crippen molar-refractivity contribution in [3.05, 3.63) is 0 Å². The number of hydrogen-bond donors (Lipinski definition) is 0. The van der Waals surface area contributed by atoms with Crippen LogP contribution >= 0.6 is 0 Å². The van der Waals surface area contributed by atoms with Crippen molar-refractivity contribution in [2.45, 2.75) is 71.1 Å². The quantitative estimate of drug-likeness (QED) is 0.420. The van der Waals surface area contributed by atoms with Gasteiger partial charge in [0.15, 0.2) is 0 Å². The van der Waals surface area contributed by atoms with Crippen LogP contribution in [0.3, 0.4) is 0 Å². The van der Waals surface area contributed by atoms with E-state index in [1.54, 1.807) is 0 Å². The van der Waals surface area contributed by atoms with E-state index in [1.165, 1.54) is 64.9 Å². The van der Waals surface area contributed by atoms with Crippen LogP contribution in [0.1, 0.15) is 71.1 Å². The molecule has 0 aromatic carbocycles. The van der Waals surface area contributed by atoms with Crippen molar-refractivity contribution in [3.8, 4) is 0 Å². The zero-order valence-corrected chi connectivity index (χ0v) is 11.5. The zero-order chi connectivity index (χ0) is 12.5. The Morgan fingerprint density at radius 1 is 1.06 bits per heavy atom. The lowest BCUT2D eigenvalue weighted by atomic mass is 10.1. The molecule has 2 heteroatoms. The molecule has 2 nitrogen and oxygen atoms in total. The summed E-state index contributed by atoms with van der Waals surface area (Å²) in [6.07, 6.45) is 13.2. The third-order valence-corrected chi connectivity index (χ3v) is 3.85. The molecule has 0 heterocycles. The summed E-state index contributed by atoms with van der Waals surface area (Å²) in [5.74, 6) is 0.890. The molecule has 0 aromatic heterocycles. The summed E-state index contributed by atoms with van der Waals surface area (Å²) in [5, 5.41) is 0. The van der Waals surface area contributed by atoms with E-state index in [4.69, 9.17) is 4.74 Å². The van der Waals surface area contributed by atoms with Crippen LogP contribution in [0, 0.1) is 11.8 Å². The monoisotopic (exact) mass is 240 g/mol. The summed E-state index contributed by atoms with van der Waals surface area (Å²) in [6.45, 7) is 2.26. The third-order valence-electron chi connectivity index (χ3n) is 3.85. The number of rotatable bonds is 10. The fourth-order valence-electron chi connectivity index (χ4n) is 2.55. The molecule has 1 aliphatic rings. The average Bonchev–Trinajstić information content (AvgIpc) is 3.11. The average molecular weight is 240 g/mol. The number of hydrogen-bond acceptors (Lipinski definition) is 2. The maximum Gasteiger partial charge on any atom is 0.308 e. The summed E-state index contributed by atoms with van der Waals surface area (Å²) in [4.78, 5) is 11.2. The van der Waals surface area contributed by atoms with Crippen molar-refractivity contribution in [2.24, 2.45) is 11.8 Å². The fraction of sp³-hybridized carbons (Fsp3) is 0.933. The molecule has 0 aliphatic heterocycles. The summed E-state index contributed by atoms with van der Waals surface area (Å²) in [7, 11) is 1.49. The summed E-state index contributed by atoms with van der Waals surface area (Å²) >= 11 is 0. The highest BCUT2D eigenvalue weighted by molar-refractivity contribution is 5.75. The van der Waals surface area contributed by atoms with Gasteiger partial charge in [-0.1, -0.05) is 58.3 Å². The predicted molar refractivity (Wildman–Crippen MR) is 70.8 cm³/mol. The van der Waals surface area contributed by atoms with Crippen LogP contribution < -0.4 is 0 Å². The number of unbranched alkanes of at least 4 members (excludes halogenated alkanes) is 7. The molecule has 0 amide bonds. The van der Waals surface area contributed by atoms with E-state index in [-0.39, 0.29) is 11.9 Å². The first kappa shape index (κ1) is 14.5. The summed E-state index contributed by atoms with van der Waals surface area (Å²) < 4.78 is 4.75. The topological polar surface area (TPSA) is 26.3 Å². The normalized spacial score (nSPS) is 22.5. The lowest BCUT2D eigenvalue weighted by molar-refractivity contribution is -0.142. The zero-order valence-electron chi connectivity index (χ0n) is 11.5. The Morgan fingerprint density at radius 3 is 2.24 bits per heavy atom. The van der Waals surface area contributed by atoms with E-state index in [1.807, 2.05) is 0 Å². The van der Waals surface area contributed by atoms with E-state index < -0.39 is 0 Å². The lowest BCUT2D eigenvalue weighted by Gasteiger charge is -2.01. The Morgan fingerprint density at radius 2 is 1.65 bits per heavy atom. The van der Waals surface area contributed by atoms with E-state index in [9.17, 15) is 4.79 Å². The van der Waals surface area contributed by atoms with Gasteiger partial charge in [0.25, 0.3) is 0 Å². The summed E-state index contributed by atoms with van der Waals surface area (Å²) in [6, 6.07) is 0. The highest BCUT2D eigenvalue weighted by atomic mass is 16.5. The minimum Gasteiger partial charge on any atom is -0.469 e. The molecule has 1 fully saturated rings. The second-order valence-electron chi connectivity index (χ2n) is 5.39. The number of methoxy groups -OCH3 is 1. The predicted octanol–water partition coefficient (Wildman–Crippen LogP) is 4.33. The number of carbonyl (C=O) groups is 1. The van der Waals surface area contributed by atoms with E-state index in [0.717, 1.165) is 6.42 Å². The smallest absolute Gasteiger partial charge is 0.308 e. The van der Waals surface area contributed by atoms with Gasteiger partial charge in [-0.05, 0) is 18.8 Å². The Kier molecular flexibility index (Phi) is 7.30. The first-order chi connectivity index (χ1) is 8.29. The molecular weight excluding hydrogens is 212 g/mol. The molecule has 2 atom stereocenters. The van der Waals surface area contributed by atoms with Crippen molar-refractivity contribution in [1.82, 2.24) is 0 Å². The number of esters is 1. The van der Waals surface area contributed by atoms with Crippen molar-refractivity contribution in [3.63, 3.8) is 0 Å². The molecule has 0 spiro atoms. The highest BCUT2D eigenvalue weighted by Gasteiger charge is 2.42. The number of ether oxygens (including phenoxy) is 1. The molecule has 0 saturated heterocycles. The van der Waals surface area contributed by atoms with Gasteiger partial charge in [-0.15, -0.1) is 0 Å². The van der Waals surface area contributed by atoms with Crippen molar-refractivity contribution < 1.29 is 9.53 Å². The van der Waals surface area contributed by atoms with Gasteiger partial charge in [0.1, 0.15) is 0 Å². The number of carbonyl (C=O) groups excluding carboxylic acids is 1. The third kappa shape index (κ3) is 6.09. The van der Waals surface area contributed by atoms with Gasteiger partial charge in [-0.3, -0.25) is 4.79 Å². The van der Waals surface area contributed by atoms with Gasteiger partial charge in [-0.2, -0.15) is 0 Å². The van der Waals surface area contributed by atoms with Crippen LogP contribution in [-0.4, -0.2) is 13.1 Å². The van der Waals surface area contributed by atoms with Gasteiger partial charge < -0.3 is 4.74 Å². The minimum atomic E-state index is 0.00886. The molecule has 1 saturated carbocycles. The highest BCUT2D eigenvalue weighted by Crippen LogP contribution is 2.43. The standard InChI is InChI=1S/C15H28O2/c1-3-4-5-6-7-8-9-10-11-13-12-14(13)15(16)17-2/h13-14H,3-12H2,1-2H3/t13-,14-/m0/s1. The summed E-state index contributed by atoms with van der Waals surface area (Å²) in [5.41, 5.74) is 0. The minimum absolute atomic E-state index is 0.00886.